The zero-order valence-corrected chi connectivity index (χ0v) is 14.0. The van der Waals surface area contributed by atoms with Gasteiger partial charge in [-0.3, -0.25) is 9.48 Å². The molecule has 0 aliphatic heterocycles. The van der Waals surface area contributed by atoms with Gasteiger partial charge in [0, 0.05) is 17.8 Å². The second kappa shape index (κ2) is 7.17. The molecule has 1 heterocycles. The third-order valence-electron chi connectivity index (χ3n) is 3.80. The lowest BCUT2D eigenvalue weighted by Gasteiger charge is -2.06. The van der Waals surface area contributed by atoms with Crippen LogP contribution >= 0.6 is 0 Å². The van der Waals surface area contributed by atoms with E-state index in [2.05, 4.69) is 10.4 Å². The third-order valence-corrected chi connectivity index (χ3v) is 3.80. The van der Waals surface area contributed by atoms with E-state index in [0.29, 0.717) is 23.6 Å². The van der Waals surface area contributed by atoms with Crippen LogP contribution in [0.3, 0.4) is 0 Å². The van der Waals surface area contributed by atoms with Gasteiger partial charge < -0.3 is 10.1 Å². The second-order valence-corrected chi connectivity index (χ2v) is 5.42. The lowest BCUT2D eigenvalue weighted by atomic mass is 10.1. The van der Waals surface area contributed by atoms with Crippen LogP contribution in [0.15, 0.2) is 54.6 Å². The highest BCUT2D eigenvalue weighted by Gasteiger charge is 2.16. The summed E-state index contributed by atoms with van der Waals surface area (Å²) in [6.45, 7) is 2.47. The number of aromatic nitrogens is 2. The minimum Gasteiger partial charge on any atom is -0.497 e. The monoisotopic (exact) mass is 339 g/mol. The van der Waals surface area contributed by atoms with Crippen molar-refractivity contribution in [1.29, 1.82) is 0 Å². The van der Waals surface area contributed by atoms with Crippen molar-refractivity contribution in [3.05, 3.63) is 66.1 Å². The van der Waals surface area contributed by atoms with Crippen LogP contribution in [-0.2, 0) is 6.54 Å². The maximum Gasteiger partial charge on any atom is 0.273 e. The Morgan fingerprint density at radius 3 is 2.44 bits per heavy atom. The van der Waals surface area contributed by atoms with Crippen LogP contribution in [-0.4, -0.2) is 22.8 Å². The van der Waals surface area contributed by atoms with Gasteiger partial charge >= 0.3 is 0 Å². The number of methoxy groups -OCH3 is 1. The van der Waals surface area contributed by atoms with Crippen LogP contribution in [0.1, 0.15) is 17.4 Å². The van der Waals surface area contributed by atoms with Crippen molar-refractivity contribution < 1.29 is 13.9 Å². The Morgan fingerprint density at radius 2 is 1.84 bits per heavy atom. The first kappa shape index (κ1) is 16.7. The molecule has 0 saturated carbocycles. The number of nitrogens with zero attached hydrogens (tertiary/aromatic N) is 2. The fourth-order valence-electron chi connectivity index (χ4n) is 2.47. The standard InChI is InChI=1S/C19H18FN3O2/c1-3-23-18(19(24)21-15-8-6-14(20)7-9-15)12-17(22-23)13-4-10-16(25-2)11-5-13/h4-12H,3H2,1-2H3,(H,21,24). The van der Waals surface area contributed by atoms with E-state index in [1.165, 1.54) is 24.3 Å². The Labute approximate surface area is 145 Å². The Morgan fingerprint density at radius 1 is 1.16 bits per heavy atom. The molecule has 1 N–H and O–H groups in total. The summed E-state index contributed by atoms with van der Waals surface area (Å²) in [4.78, 5) is 12.5. The van der Waals surface area contributed by atoms with E-state index in [-0.39, 0.29) is 11.7 Å². The first-order valence-electron chi connectivity index (χ1n) is 7.90. The minimum atomic E-state index is -0.349. The molecule has 5 nitrogen and oxygen atoms in total. The van der Waals surface area contributed by atoms with E-state index in [9.17, 15) is 9.18 Å². The molecular weight excluding hydrogens is 321 g/mol. The largest absolute Gasteiger partial charge is 0.497 e. The van der Waals surface area contributed by atoms with E-state index in [4.69, 9.17) is 4.74 Å². The SMILES string of the molecule is CCn1nc(-c2ccc(OC)cc2)cc1C(=O)Nc1ccc(F)cc1. The van der Waals surface area contributed by atoms with Gasteiger partial charge in [-0.05, 0) is 61.5 Å². The van der Waals surface area contributed by atoms with E-state index in [1.807, 2.05) is 31.2 Å². The number of hydrogen-bond donors (Lipinski definition) is 1. The molecule has 3 aromatic rings. The highest BCUT2D eigenvalue weighted by atomic mass is 19.1. The summed E-state index contributed by atoms with van der Waals surface area (Å²) in [5.41, 5.74) is 2.57. The average Bonchev–Trinajstić information content (AvgIpc) is 3.08. The number of benzene rings is 2. The molecule has 1 aromatic heterocycles. The number of amides is 1. The smallest absolute Gasteiger partial charge is 0.273 e. The molecule has 3 rings (SSSR count). The van der Waals surface area contributed by atoms with Gasteiger partial charge in [-0.15, -0.1) is 0 Å². The molecule has 0 aliphatic rings. The Kier molecular flexibility index (Phi) is 4.79. The van der Waals surface area contributed by atoms with Crippen molar-refractivity contribution in [2.75, 3.05) is 12.4 Å². The Hall–Kier alpha value is -3.15. The van der Waals surface area contributed by atoms with Crippen LogP contribution in [0, 0.1) is 5.82 Å². The van der Waals surface area contributed by atoms with Gasteiger partial charge in [0.1, 0.15) is 17.3 Å². The normalized spacial score (nSPS) is 10.5. The van der Waals surface area contributed by atoms with E-state index in [1.54, 1.807) is 17.9 Å². The number of carbonyl (C=O) groups is 1. The molecule has 2 aromatic carbocycles. The summed E-state index contributed by atoms with van der Waals surface area (Å²) in [5.74, 6) is 0.118. The highest BCUT2D eigenvalue weighted by Crippen LogP contribution is 2.23. The number of aryl methyl sites for hydroxylation is 1. The van der Waals surface area contributed by atoms with Crippen molar-refractivity contribution in [2.24, 2.45) is 0 Å². The molecule has 25 heavy (non-hydrogen) atoms. The number of nitrogens with one attached hydrogen (secondary N) is 1. The molecule has 128 valence electrons. The van der Waals surface area contributed by atoms with Crippen LogP contribution in [0.5, 0.6) is 5.75 Å². The average molecular weight is 339 g/mol. The van der Waals surface area contributed by atoms with Crippen molar-refractivity contribution in [2.45, 2.75) is 13.5 Å². The van der Waals surface area contributed by atoms with Crippen LogP contribution in [0.25, 0.3) is 11.3 Å². The summed E-state index contributed by atoms with van der Waals surface area (Å²) in [5, 5.41) is 7.24. The first-order valence-corrected chi connectivity index (χ1v) is 7.90. The zero-order valence-electron chi connectivity index (χ0n) is 14.0. The minimum absolute atomic E-state index is 0.291. The second-order valence-electron chi connectivity index (χ2n) is 5.42. The molecule has 0 spiro atoms. The van der Waals surface area contributed by atoms with Gasteiger partial charge in [0.2, 0.25) is 0 Å². The van der Waals surface area contributed by atoms with Gasteiger partial charge in [0.15, 0.2) is 0 Å². The van der Waals surface area contributed by atoms with Gasteiger partial charge in [0.05, 0.1) is 12.8 Å². The maximum atomic E-state index is 13.0. The third kappa shape index (κ3) is 3.68. The van der Waals surface area contributed by atoms with E-state index in [0.717, 1.165) is 11.3 Å². The fourth-order valence-corrected chi connectivity index (χ4v) is 2.47. The van der Waals surface area contributed by atoms with E-state index < -0.39 is 0 Å². The lowest BCUT2D eigenvalue weighted by molar-refractivity contribution is 0.101. The van der Waals surface area contributed by atoms with Crippen LogP contribution < -0.4 is 10.1 Å². The molecule has 0 fully saturated rings. The number of anilines is 1. The van der Waals surface area contributed by atoms with Gasteiger partial charge in [-0.2, -0.15) is 5.10 Å². The molecule has 0 aliphatic carbocycles. The predicted octanol–water partition coefficient (Wildman–Crippen LogP) is 3.97. The van der Waals surface area contributed by atoms with Crippen molar-refractivity contribution in [3.63, 3.8) is 0 Å². The molecule has 1 amide bonds. The van der Waals surface area contributed by atoms with Crippen LogP contribution in [0.4, 0.5) is 10.1 Å². The maximum absolute atomic E-state index is 13.0. The summed E-state index contributed by atoms with van der Waals surface area (Å²) < 4.78 is 19.8. The summed E-state index contributed by atoms with van der Waals surface area (Å²) >= 11 is 0. The summed E-state index contributed by atoms with van der Waals surface area (Å²) in [7, 11) is 1.61. The number of halogens is 1. The van der Waals surface area contributed by atoms with Gasteiger partial charge in [-0.25, -0.2) is 4.39 Å². The molecule has 6 heteroatoms. The molecule has 0 atom stereocenters. The molecule has 0 radical (unpaired) electrons. The summed E-state index contributed by atoms with van der Waals surface area (Å²) in [6, 6.07) is 14.9. The summed E-state index contributed by atoms with van der Waals surface area (Å²) in [6.07, 6.45) is 0. The number of carbonyl (C=O) groups excluding carboxylic acids is 1. The van der Waals surface area contributed by atoms with Crippen molar-refractivity contribution >= 4 is 11.6 Å². The predicted molar refractivity (Wildman–Crippen MR) is 94.2 cm³/mol. The van der Waals surface area contributed by atoms with Crippen molar-refractivity contribution in [3.8, 4) is 17.0 Å². The van der Waals surface area contributed by atoms with E-state index >= 15 is 0 Å². The lowest BCUT2D eigenvalue weighted by Crippen LogP contribution is -2.17. The molecule has 0 saturated heterocycles. The van der Waals surface area contributed by atoms with Gasteiger partial charge in [0.25, 0.3) is 5.91 Å². The molecular formula is C19H18FN3O2. The Balaban J connectivity index is 1.86. The molecule has 0 bridgehead atoms. The number of ether oxygens (including phenoxy) is 1. The van der Waals surface area contributed by atoms with Crippen molar-refractivity contribution in [1.82, 2.24) is 9.78 Å². The quantitative estimate of drug-likeness (QED) is 0.765. The number of rotatable bonds is 5. The molecule has 0 unspecified atom stereocenters. The van der Waals surface area contributed by atoms with Gasteiger partial charge in [-0.1, -0.05) is 0 Å². The zero-order chi connectivity index (χ0) is 17.8. The van der Waals surface area contributed by atoms with Crippen LogP contribution in [0.2, 0.25) is 0 Å². The fraction of sp³-hybridized carbons (Fsp3) is 0.158. The topological polar surface area (TPSA) is 56.2 Å². The first-order chi connectivity index (χ1) is 12.1. The Bertz CT molecular complexity index is 871. The highest BCUT2D eigenvalue weighted by molar-refractivity contribution is 6.03. The number of hydrogen-bond acceptors (Lipinski definition) is 3.